The predicted octanol–water partition coefficient (Wildman–Crippen LogP) is 3.69. The van der Waals surface area contributed by atoms with Gasteiger partial charge >= 0.3 is 0 Å². The highest BCUT2D eigenvalue weighted by Crippen LogP contribution is 2.18. The first-order valence-corrected chi connectivity index (χ1v) is 6.62. The fourth-order valence-electron chi connectivity index (χ4n) is 1.75. The van der Waals surface area contributed by atoms with Gasteiger partial charge in [0.2, 0.25) is 0 Å². The van der Waals surface area contributed by atoms with E-state index in [1.807, 2.05) is 24.5 Å². The van der Waals surface area contributed by atoms with Gasteiger partial charge in [0.1, 0.15) is 0 Å². The van der Waals surface area contributed by atoms with Crippen LogP contribution in [-0.2, 0) is 0 Å². The minimum Gasteiger partial charge on any atom is -0.293 e. The largest absolute Gasteiger partial charge is 0.293 e. The van der Waals surface area contributed by atoms with Crippen molar-refractivity contribution in [1.82, 2.24) is 0 Å². The van der Waals surface area contributed by atoms with Crippen molar-refractivity contribution >= 4 is 28.3 Å². The molecular weight excluding hydrogens is 216 g/mol. The molecule has 0 saturated heterocycles. The van der Waals surface area contributed by atoms with E-state index in [4.69, 9.17) is 0 Å². The molecular formula is C14H14OS. The maximum atomic E-state index is 11.7. The molecule has 0 aliphatic carbocycles. The van der Waals surface area contributed by atoms with Crippen LogP contribution in [0.5, 0.6) is 0 Å². The lowest BCUT2D eigenvalue weighted by atomic mass is 10.0. The topological polar surface area (TPSA) is 17.1 Å². The van der Waals surface area contributed by atoms with Crippen LogP contribution < -0.4 is 0 Å². The minimum atomic E-state index is 0.204. The molecule has 0 heterocycles. The van der Waals surface area contributed by atoms with Crippen molar-refractivity contribution in [3.05, 3.63) is 47.5 Å². The smallest absolute Gasteiger partial charge is 0.172 e. The number of carbonyl (C=O) groups is 1. The Bertz CT molecular complexity index is 531. The highest BCUT2D eigenvalue weighted by molar-refractivity contribution is 7.99. The number of rotatable bonds is 3. The summed E-state index contributed by atoms with van der Waals surface area (Å²) in [6.45, 7) is 2.08. The molecule has 0 atom stereocenters. The summed E-state index contributed by atoms with van der Waals surface area (Å²) in [4.78, 5) is 11.7. The van der Waals surface area contributed by atoms with Gasteiger partial charge in [-0.2, -0.15) is 11.8 Å². The van der Waals surface area contributed by atoms with Gasteiger partial charge in [-0.15, -0.1) is 0 Å². The molecule has 0 bridgehead atoms. The van der Waals surface area contributed by atoms with Gasteiger partial charge in [-0.25, -0.2) is 0 Å². The first kappa shape index (κ1) is 11.2. The lowest BCUT2D eigenvalue weighted by Crippen LogP contribution is -2.01. The number of fused-ring (bicyclic) bond motifs is 1. The van der Waals surface area contributed by atoms with Crippen LogP contribution in [0.25, 0.3) is 10.8 Å². The molecule has 1 nitrogen and oxygen atoms in total. The summed E-state index contributed by atoms with van der Waals surface area (Å²) in [6.07, 6.45) is 1.95. The van der Waals surface area contributed by atoms with Crippen molar-refractivity contribution in [2.24, 2.45) is 0 Å². The highest BCUT2D eigenvalue weighted by atomic mass is 32.2. The molecule has 0 radical (unpaired) electrons. The van der Waals surface area contributed by atoms with Crippen LogP contribution in [0.1, 0.15) is 15.9 Å². The lowest BCUT2D eigenvalue weighted by molar-refractivity contribution is 0.102. The van der Waals surface area contributed by atoms with Crippen LogP contribution >= 0.6 is 11.8 Å². The van der Waals surface area contributed by atoms with Crippen LogP contribution in [0, 0.1) is 6.92 Å². The van der Waals surface area contributed by atoms with E-state index in [2.05, 4.69) is 25.1 Å². The maximum Gasteiger partial charge on any atom is 0.172 e. The minimum absolute atomic E-state index is 0.204. The second-order valence-corrected chi connectivity index (χ2v) is 4.79. The Morgan fingerprint density at radius 3 is 2.56 bits per heavy atom. The fourth-order valence-corrected chi connectivity index (χ4v) is 2.18. The fraction of sp³-hybridized carbons (Fsp3) is 0.214. The van der Waals surface area contributed by atoms with Crippen molar-refractivity contribution in [2.45, 2.75) is 6.92 Å². The van der Waals surface area contributed by atoms with Crippen molar-refractivity contribution in [3.8, 4) is 0 Å². The summed E-state index contributed by atoms with van der Waals surface area (Å²) >= 11 is 1.56. The van der Waals surface area contributed by atoms with Crippen LogP contribution in [0.3, 0.4) is 0 Å². The molecule has 82 valence electrons. The Morgan fingerprint density at radius 1 is 1.12 bits per heavy atom. The first-order valence-electron chi connectivity index (χ1n) is 5.23. The third-order valence-corrected chi connectivity index (χ3v) is 3.14. The molecule has 0 N–H and O–H groups in total. The Labute approximate surface area is 99.9 Å². The molecule has 0 amide bonds. The molecule has 2 aromatic rings. The average molecular weight is 230 g/mol. The number of benzene rings is 2. The zero-order chi connectivity index (χ0) is 11.5. The van der Waals surface area contributed by atoms with Crippen LogP contribution in [0.2, 0.25) is 0 Å². The van der Waals surface area contributed by atoms with Crippen LogP contribution in [0.4, 0.5) is 0 Å². The number of thioether (sulfide) groups is 1. The number of aryl methyl sites for hydroxylation is 1. The first-order chi connectivity index (χ1) is 7.70. The van der Waals surface area contributed by atoms with Crippen LogP contribution in [-0.4, -0.2) is 17.8 Å². The standard InChI is InChI=1S/C14H14OS/c1-10-3-4-12-8-13(14(15)9-16-2)6-5-11(12)7-10/h3-8H,9H2,1-2H3. The van der Waals surface area contributed by atoms with E-state index < -0.39 is 0 Å². The van der Waals surface area contributed by atoms with Gasteiger partial charge in [-0.3, -0.25) is 4.79 Å². The van der Waals surface area contributed by atoms with E-state index >= 15 is 0 Å². The highest BCUT2D eigenvalue weighted by Gasteiger charge is 2.05. The van der Waals surface area contributed by atoms with E-state index in [1.54, 1.807) is 11.8 Å². The summed E-state index contributed by atoms with van der Waals surface area (Å²) in [5.74, 6) is 0.757. The normalized spacial score (nSPS) is 10.6. The third kappa shape index (κ3) is 2.27. The number of hydrogen-bond donors (Lipinski definition) is 0. The van der Waals surface area contributed by atoms with Gasteiger partial charge in [0.15, 0.2) is 5.78 Å². The van der Waals surface area contributed by atoms with Gasteiger partial charge in [0, 0.05) is 5.56 Å². The molecule has 2 rings (SSSR count). The monoisotopic (exact) mass is 230 g/mol. The Morgan fingerprint density at radius 2 is 1.81 bits per heavy atom. The molecule has 2 aromatic carbocycles. The van der Waals surface area contributed by atoms with Gasteiger partial charge < -0.3 is 0 Å². The third-order valence-electron chi connectivity index (χ3n) is 2.59. The maximum absolute atomic E-state index is 11.7. The van der Waals surface area contributed by atoms with E-state index in [0.717, 1.165) is 10.9 Å². The Balaban J connectivity index is 2.44. The molecule has 0 aliphatic heterocycles. The number of hydrogen-bond acceptors (Lipinski definition) is 2. The van der Waals surface area contributed by atoms with E-state index in [-0.39, 0.29) is 5.78 Å². The van der Waals surface area contributed by atoms with Gasteiger partial charge in [0.25, 0.3) is 0 Å². The van der Waals surface area contributed by atoms with Gasteiger partial charge in [-0.1, -0.05) is 35.9 Å². The molecule has 16 heavy (non-hydrogen) atoms. The molecule has 0 spiro atoms. The number of Topliss-reactive ketones (excluding diaryl/α,β-unsaturated/α-hetero) is 1. The quantitative estimate of drug-likeness (QED) is 0.748. The second-order valence-electron chi connectivity index (χ2n) is 3.92. The lowest BCUT2D eigenvalue weighted by Gasteiger charge is -2.03. The van der Waals surface area contributed by atoms with Crippen molar-refractivity contribution in [3.63, 3.8) is 0 Å². The number of ketones is 1. The van der Waals surface area contributed by atoms with E-state index in [9.17, 15) is 4.79 Å². The second kappa shape index (κ2) is 4.71. The van der Waals surface area contributed by atoms with Gasteiger partial charge in [-0.05, 0) is 30.0 Å². The van der Waals surface area contributed by atoms with Crippen molar-refractivity contribution < 1.29 is 4.79 Å². The molecule has 0 fully saturated rings. The predicted molar refractivity (Wildman–Crippen MR) is 71.4 cm³/mol. The number of carbonyl (C=O) groups excluding carboxylic acids is 1. The SMILES string of the molecule is CSCC(=O)c1ccc2cc(C)ccc2c1. The zero-order valence-corrected chi connectivity index (χ0v) is 10.3. The molecule has 2 heteroatoms. The van der Waals surface area contributed by atoms with Gasteiger partial charge in [0.05, 0.1) is 5.75 Å². The average Bonchev–Trinajstić information content (AvgIpc) is 2.28. The molecule has 0 saturated carbocycles. The van der Waals surface area contributed by atoms with Crippen molar-refractivity contribution in [2.75, 3.05) is 12.0 Å². The van der Waals surface area contributed by atoms with E-state index in [1.165, 1.54) is 10.9 Å². The molecule has 0 aliphatic rings. The summed E-state index contributed by atoms with van der Waals surface area (Å²) in [5.41, 5.74) is 2.06. The zero-order valence-electron chi connectivity index (χ0n) is 9.49. The Kier molecular flexibility index (Phi) is 3.30. The summed E-state index contributed by atoms with van der Waals surface area (Å²) in [5, 5.41) is 2.33. The summed E-state index contributed by atoms with van der Waals surface area (Å²) < 4.78 is 0. The Hall–Kier alpha value is -1.28. The molecule has 0 aromatic heterocycles. The summed E-state index contributed by atoms with van der Waals surface area (Å²) in [6, 6.07) is 12.2. The van der Waals surface area contributed by atoms with Crippen LogP contribution in [0.15, 0.2) is 36.4 Å². The molecule has 0 unspecified atom stereocenters. The van der Waals surface area contributed by atoms with Crippen molar-refractivity contribution in [1.29, 1.82) is 0 Å². The van der Waals surface area contributed by atoms with E-state index in [0.29, 0.717) is 5.75 Å². The summed E-state index contributed by atoms with van der Waals surface area (Å²) in [7, 11) is 0.